The van der Waals surface area contributed by atoms with E-state index >= 15 is 0 Å². The van der Waals surface area contributed by atoms with Crippen molar-refractivity contribution in [1.82, 2.24) is 16.0 Å². The van der Waals surface area contributed by atoms with Crippen LogP contribution in [0.4, 0.5) is 10.5 Å². The maximum atomic E-state index is 13.0. The molecule has 0 aliphatic heterocycles. The van der Waals surface area contributed by atoms with Gasteiger partial charge in [0.25, 0.3) is 0 Å². The Kier molecular flexibility index (Phi) is 13.0. The van der Waals surface area contributed by atoms with E-state index in [1.165, 1.54) is 6.92 Å². The number of alkyl carbamates (subject to hydrolysis) is 1. The van der Waals surface area contributed by atoms with Crippen molar-refractivity contribution < 1.29 is 29.0 Å². The smallest absolute Gasteiger partial charge is 0.407 e. The van der Waals surface area contributed by atoms with Gasteiger partial charge < -0.3 is 36.8 Å². The van der Waals surface area contributed by atoms with E-state index in [-0.39, 0.29) is 12.5 Å². The average Bonchev–Trinajstić information content (AvgIpc) is 2.81. The van der Waals surface area contributed by atoms with Crippen LogP contribution in [-0.2, 0) is 25.7 Å². The molecule has 0 saturated heterocycles. The number of ether oxygens (including phenoxy) is 1. The predicted octanol–water partition coefficient (Wildman–Crippen LogP) is 1.79. The van der Waals surface area contributed by atoms with Crippen LogP contribution in [0.25, 0.3) is 0 Å². The molecule has 0 bridgehead atoms. The van der Waals surface area contributed by atoms with Gasteiger partial charge in [-0.15, -0.1) is 0 Å². The molecule has 0 aliphatic rings. The standard InChI is InChI=1S/C26H43N5O6/c1-16(2)21(27)24(35)29-17(3)22(33)31-20(9-7-8-14-28-25(36)37-26(4,5)6)23(34)30-19-12-10-18(15-32)11-13-19/h10-13,16-17,20-21,32H,7-9,14-15,27H2,1-6H3,(H,28,36)(H,29,35)(H,30,34)(H,31,33)/t17-,20-,21-/m0/s1. The molecule has 208 valence electrons. The van der Waals surface area contributed by atoms with Crippen LogP contribution in [0.2, 0.25) is 0 Å². The molecule has 0 saturated carbocycles. The summed E-state index contributed by atoms with van der Waals surface area (Å²) >= 11 is 0. The zero-order valence-electron chi connectivity index (χ0n) is 22.7. The lowest BCUT2D eigenvalue weighted by Crippen LogP contribution is -2.54. The molecule has 0 aliphatic carbocycles. The maximum absolute atomic E-state index is 13.0. The number of benzene rings is 1. The minimum absolute atomic E-state index is 0.0969. The first-order chi connectivity index (χ1) is 17.2. The van der Waals surface area contributed by atoms with Gasteiger partial charge in [-0.05, 0) is 70.6 Å². The molecule has 1 aromatic rings. The van der Waals surface area contributed by atoms with Crippen LogP contribution in [0.1, 0.15) is 66.4 Å². The molecule has 11 nitrogen and oxygen atoms in total. The number of rotatable bonds is 13. The van der Waals surface area contributed by atoms with Gasteiger partial charge in [0.15, 0.2) is 0 Å². The fourth-order valence-electron chi connectivity index (χ4n) is 3.14. The minimum Gasteiger partial charge on any atom is -0.444 e. The summed E-state index contributed by atoms with van der Waals surface area (Å²) in [6.45, 7) is 10.7. The number of aliphatic hydroxyl groups excluding tert-OH is 1. The third-order valence-corrected chi connectivity index (χ3v) is 5.40. The van der Waals surface area contributed by atoms with Gasteiger partial charge in [-0.25, -0.2) is 4.79 Å². The highest BCUT2D eigenvalue weighted by Gasteiger charge is 2.26. The maximum Gasteiger partial charge on any atom is 0.407 e. The Hall–Kier alpha value is -3.18. The number of amides is 4. The molecule has 11 heteroatoms. The Balaban J connectivity index is 2.76. The first-order valence-corrected chi connectivity index (χ1v) is 12.6. The summed E-state index contributed by atoms with van der Waals surface area (Å²) in [6, 6.07) is 4.14. The van der Waals surface area contributed by atoms with Gasteiger partial charge >= 0.3 is 6.09 Å². The fourth-order valence-corrected chi connectivity index (χ4v) is 3.14. The Morgan fingerprint density at radius 3 is 2.11 bits per heavy atom. The molecule has 0 heterocycles. The summed E-state index contributed by atoms with van der Waals surface area (Å²) in [6.07, 6.45) is 0.857. The van der Waals surface area contributed by atoms with Crippen LogP contribution in [0.5, 0.6) is 0 Å². The quantitative estimate of drug-likeness (QED) is 0.215. The molecule has 37 heavy (non-hydrogen) atoms. The Morgan fingerprint density at radius 2 is 1.57 bits per heavy atom. The first-order valence-electron chi connectivity index (χ1n) is 12.6. The molecule has 7 N–H and O–H groups in total. The van der Waals surface area contributed by atoms with Crippen molar-refractivity contribution >= 4 is 29.5 Å². The van der Waals surface area contributed by atoms with Crippen molar-refractivity contribution in [3.8, 4) is 0 Å². The van der Waals surface area contributed by atoms with Crippen molar-refractivity contribution in [1.29, 1.82) is 0 Å². The second-order valence-corrected chi connectivity index (χ2v) is 10.3. The van der Waals surface area contributed by atoms with E-state index in [0.717, 1.165) is 0 Å². The number of carbonyl (C=O) groups excluding carboxylic acids is 4. The third-order valence-electron chi connectivity index (χ3n) is 5.40. The topological polar surface area (TPSA) is 172 Å². The number of nitrogens with one attached hydrogen (secondary N) is 4. The highest BCUT2D eigenvalue weighted by molar-refractivity contribution is 5.98. The molecular formula is C26H43N5O6. The van der Waals surface area contributed by atoms with Crippen molar-refractivity contribution in [2.45, 2.75) is 91.1 Å². The van der Waals surface area contributed by atoms with Crippen LogP contribution in [0.3, 0.4) is 0 Å². The highest BCUT2D eigenvalue weighted by atomic mass is 16.6. The van der Waals surface area contributed by atoms with Crippen LogP contribution >= 0.6 is 0 Å². The molecule has 0 aromatic heterocycles. The number of hydrogen-bond acceptors (Lipinski definition) is 7. The van der Waals surface area contributed by atoms with E-state index in [9.17, 15) is 24.3 Å². The Labute approximate surface area is 219 Å². The molecule has 0 radical (unpaired) electrons. The van der Waals surface area contributed by atoms with E-state index < -0.39 is 47.5 Å². The van der Waals surface area contributed by atoms with E-state index in [1.807, 2.05) is 0 Å². The Morgan fingerprint density at radius 1 is 0.946 bits per heavy atom. The van der Waals surface area contributed by atoms with Crippen LogP contribution < -0.4 is 27.0 Å². The lowest BCUT2D eigenvalue weighted by atomic mass is 10.0. The van der Waals surface area contributed by atoms with Crippen LogP contribution in [0, 0.1) is 5.92 Å². The minimum atomic E-state index is -0.898. The number of carbonyl (C=O) groups is 4. The van der Waals surface area contributed by atoms with Gasteiger partial charge in [-0.2, -0.15) is 0 Å². The molecular weight excluding hydrogens is 478 g/mol. The molecule has 1 aromatic carbocycles. The number of hydrogen-bond donors (Lipinski definition) is 6. The average molecular weight is 522 g/mol. The molecule has 0 fully saturated rings. The fraction of sp³-hybridized carbons (Fsp3) is 0.615. The second-order valence-electron chi connectivity index (χ2n) is 10.3. The molecule has 4 amide bonds. The van der Waals surface area contributed by atoms with Gasteiger partial charge in [0.2, 0.25) is 17.7 Å². The van der Waals surface area contributed by atoms with Crippen molar-refractivity contribution in [2.75, 3.05) is 11.9 Å². The van der Waals surface area contributed by atoms with E-state index in [1.54, 1.807) is 58.9 Å². The van der Waals surface area contributed by atoms with Crippen LogP contribution in [-0.4, -0.2) is 59.2 Å². The van der Waals surface area contributed by atoms with Gasteiger partial charge in [0.1, 0.15) is 17.7 Å². The summed E-state index contributed by atoms with van der Waals surface area (Å²) in [5.41, 5.74) is 6.46. The van der Waals surface area contributed by atoms with E-state index in [0.29, 0.717) is 37.1 Å². The zero-order valence-corrected chi connectivity index (χ0v) is 22.7. The highest BCUT2D eigenvalue weighted by Crippen LogP contribution is 2.12. The summed E-state index contributed by atoms with van der Waals surface area (Å²) in [7, 11) is 0. The first kappa shape index (κ1) is 31.8. The van der Waals surface area contributed by atoms with E-state index in [4.69, 9.17) is 10.5 Å². The normalized spacial score (nSPS) is 13.8. The lowest BCUT2D eigenvalue weighted by Gasteiger charge is -2.23. The molecule has 0 unspecified atom stereocenters. The zero-order chi connectivity index (χ0) is 28.2. The predicted molar refractivity (Wildman–Crippen MR) is 141 cm³/mol. The van der Waals surface area contributed by atoms with E-state index in [2.05, 4.69) is 21.3 Å². The summed E-state index contributed by atoms with van der Waals surface area (Å²) < 4.78 is 5.20. The molecule has 3 atom stereocenters. The number of nitrogens with two attached hydrogens (primary N) is 1. The summed E-state index contributed by atoms with van der Waals surface area (Å²) in [5.74, 6) is -1.49. The van der Waals surface area contributed by atoms with Gasteiger partial charge in [0, 0.05) is 12.2 Å². The number of aliphatic hydroxyl groups is 1. The van der Waals surface area contributed by atoms with Crippen molar-refractivity contribution in [3.05, 3.63) is 29.8 Å². The SMILES string of the molecule is CC(C)[C@H](N)C(=O)N[C@@H](C)C(=O)N[C@@H](CCCCNC(=O)OC(C)(C)C)C(=O)Nc1ccc(CO)cc1. The number of anilines is 1. The summed E-state index contributed by atoms with van der Waals surface area (Å²) in [4.78, 5) is 49.8. The van der Waals surface area contributed by atoms with Crippen molar-refractivity contribution in [3.63, 3.8) is 0 Å². The van der Waals surface area contributed by atoms with Crippen molar-refractivity contribution in [2.24, 2.45) is 11.7 Å². The van der Waals surface area contributed by atoms with Gasteiger partial charge in [0.05, 0.1) is 12.6 Å². The molecule has 0 spiro atoms. The largest absolute Gasteiger partial charge is 0.444 e. The van der Waals surface area contributed by atoms with Crippen LogP contribution in [0.15, 0.2) is 24.3 Å². The Bertz CT molecular complexity index is 898. The number of unbranched alkanes of at least 4 members (excludes halogenated alkanes) is 1. The monoisotopic (exact) mass is 521 g/mol. The lowest BCUT2D eigenvalue weighted by molar-refractivity contribution is -0.131. The summed E-state index contributed by atoms with van der Waals surface area (Å²) in [5, 5.41) is 19.9. The van der Waals surface area contributed by atoms with Gasteiger partial charge in [-0.3, -0.25) is 14.4 Å². The van der Waals surface area contributed by atoms with Gasteiger partial charge in [-0.1, -0.05) is 26.0 Å². The second kappa shape index (κ2) is 15.2. The third kappa shape index (κ3) is 12.6. The molecule has 1 rings (SSSR count).